The van der Waals surface area contributed by atoms with Gasteiger partial charge in [0.1, 0.15) is 0 Å². The first-order chi connectivity index (χ1) is 17.0. The first-order valence-corrected chi connectivity index (χ1v) is 12.2. The molecule has 1 fully saturated rings. The van der Waals surface area contributed by atoms with Crippen molar-refractivity contribution in [1.82, 2.24) is 19.9 Å². The minimum absolute atomic E-state index is 0.00974. The van der Waals surface area contributed by atoms with E-state index < -0.39 is 0 Å². The van der Waals surface area contributed by atoms with Crippen molar-refractivity contribution < 1.29 is 9.53 Å². The third-order valence-electron chi connectivity index (χ3n) is 6.36. The quantitative estimate of drug-likeness (QED) is 0.512. The van der Waals surface area contributed by atoms with Crippen molar-refractivity contribution in [2.75, 3.05) is 31.2 Å². The monoisotopic (exact) mass is 475 g/mol. The van der Waals surface area contributed by atoms with E-state index >= 15 is 0 Å². The van der Waals surface area contributed by atoms with Crippen molar-refractivity contribution in [3.63, 3.8) is 0 Å². The van der Waals surface area contributed by atoms with Crippen LogP contribution in [0.3, 0.4) is 0 Å². The Bertz CT molecular complexity index is 1170. The van der Waals surface area contributed by atoms with Crippen LogP contribution in [-0.2, 0) is 35.5 Å². The molecule has 0 saturated carbocycles. The summed E-state index contributed by atoms with van der Waals surface area (Å²) in [6, 6.07) is 12.2. The van der Waals surface area contributed by atoms with Gasteiger partial charge < -0.3 is 14.5 Å². The number of carbonyl (C=O) groups is 1. The molecule has 0 aliphatic carbocycles. The fourth-order valence-corrected chi connectivity index (χ4v) is 4.25. The second-order valence-electron chi connectivity index (χ2n) is 8.83. The lowest BCUT2D eigenvalue weighted by atomic mass is 10.1. The molecule has 3 heterocycles. The van der Waals surface area contributed by atoms with Crippen LogP contribution < -0.4 is 10.5 Å². The number of aromatic amines is 1. The molecule has 1 aliphatic heterocycles. The highest BCUT2D eigenvalue weighted by Crippen LogP contribution is 2.15. The van der Waals surface area contributed by atoms with Crippen molar-refractivity contribution in [3.8, 4) is 0 Å². The molecule has 4 rings (SSSR count). The number of benzene rings is 1. The zero-order valence-corrected chi connectivity index (χ0v) is 20.5. The van der Waals surface area contributed by atoms with E-state index in [-0.39, 0.29) is 17.9 Å². The number of morpholine rings is 1. The zero-order chi connectivity index (χ0) is 24.6. The van der Waals surface area contributed by atoms with Crippen molar-refractivity contribution in [2.45, 2.75) is 46.2 Å². The normalized spacial score (nSPS) is 13.6. The van der Waals surface area contributed by atoms with Crippen LogP contribution in [0.25, 0.3) is 0 Å². The van der Waals surface area contributed by atoms with E-state index in [2.05, 4.69) is 46.1 Å². The number of hydrogen-bond acceptors (Lipinski definition) is 6. The van der Waals surface area contributed by atoms with Gasteiger partial charge >= 0.3 is 0 Å². The lowest BCUT2D eigenvalue weighted by Gasteiger charge is -2.27. The van der Waals surface area contributed by atoms with Crippen LogP contribution in [0.2, 0.25) is 0 Å². The van der Waals surface area contributed by atoms with E-state index in [1.807, 2.05) is 28.9 Å². The number of nitrogens with zero attached hydrogens (tertiary/aromatic N) is 4. The molecule has 1 amide bonds. The van der Waals surface area contributed by atoms with E-state index in [9.17, 15) is 9.59 Å². The third-order valence-corrected chi connectivity index (χ3v) is 6.36. The molecule has 1 N–H and O–H groups in total. The van der Waals surface area contributed by atoms with Crippen molar-refractivity contribution in [3.05, 3.63) is 87.1 Å². The Morgan fingerprint density at radius 1 is 1.09 bits per heavy atom. The molecule has 0 spiro atoms. The molecule has 0 radical (unpaired) electrons. The van der Waals surface area contributed by atoms with Gasteiger partial charge in [0.05, 0.1) is 13.2 Å². The summed E-state index contributed by atoms with van der Waals surface area (Å²) in [5, 5.41) is 0. The highest BCUT2D eigenvalue weighted by Gasteiger charge is 2.19. The average molecular weight is 476 g/mol. The highest BCUT2D eigenvalue weighted by atomic mass is 16.5. The summed E-state index contributed by atoms with van der Waals surface area (Å²) in [6.07, 6.45) is 5.06. The Morgan fingerprint density at radius 3 is 2.46 bits per heavy atom. The maximum atomic E-state index is 13.3. The number of amides is 1. The van der Waals surface area contributed by atoms with Crippen LogP contribution in [-0.4, -0.2) is 52.1 Å². The first-order valence-electron chi connectivity index (χ1n) is 12.2. The number of aryl methyl sites for hydroxylation is 2. The van der Waals surface area contributed by atoms with Crippen LogP contribution in [0.4, 0.5) is 5.95 Å². The highest BCUT2D eigenvalue weighted by molar-refractivity contribution is 5.76. The maximum Gasteiger partial charge on any atom is 0.255 e. The number of ether oxygens (including phenoxy) is 1. The minimum atomic E-state index is -0.180. The molecule has 0 unspecified atom stereocenters. The topological polar surface area (TPSA) is 91.4 Å². The molecule has 1 saturated heterocycles. The number of rotatable bonds is 9. The molecule has 0 bridgehead atoms. The van der Waals surface area contributed by atoms with Gasteiger partial charge in [-0.25, -0.2) is 4.98 Å². The Kier molecular flexibility index (Phi) is 8.26. The van der Waals surface area contributed by atoms with Gasteiger partial charge in [-0.2, -0.15) is 0 Å². The van der Waals surface area contributed by atoms with Crippen molar-refractivity contribution >= 4 is 11.9 Å². The molecule has 1 aromatic carbocycles. The average Bonchev–Trinajstić information content (AvgIpc) is 2.89. The van der Waals surface area contributed by atoms with E-state index in [4.69, 9.17) is 4.74 Å². The number of nitrogens with one attached hydrogen (secondary N) is 1. The largest absolute Gasteiger partial charge is 0.378 e. The Morgan fingerprint density at radius 2 is 1.80 bits per heavy atom. The van der Waals surface area contributed by atoms with E-state index in [1.165, 1.54) is 5.56 Å². The molecule has 8 nitrogen and oxygen atoms in total. The lowest BCUT2D eigenvalue weighted by molar-refractivity contribution is -0.132. The van der Waals surface area contributed by atoms with E-state index in [1.54, 1.807) is 12.4 Å². The van der Waals surface area contributed by atoms with E-state index in [0.29, 0.717) is 63.0 Å². The number of pyridine rings is 1. The SMILES string of the molecule is CCc1ccc(CN(Cc2cccnc2)C(=O)CCc2c(C)nc(N3CCOCC3)[nH]c2=O)cc1. The summed E-state index contributed by atoms with van der Waals surface area (Å²) in [5.74, 6) is 0.559. The summed E-state index contributed by atoms with van der Waals surface area (Å²) < 4.78 is 5.38. The smallest absolute Gasteiger partial charge is 0.255 e. The zero-order valence-electron chi connectivity index (χ0n) is 20.5. The predicted molar refractivity (Wildman–Crippen MR) is 135 cm³/mol. The van der Waals surface area contributed by atoms with Crippen LogP contribution in [0.1, 0.15) is 41.3 Å². The fraction of sp³-hybridized carbons (Fsp3) is 0.407. The van der Waals surface area contributed by atoms with Gasteiger partial charge in [0.25, 0.3) is 5.56 Å². The van der Waals surface area contributed by atoms with Gasteiger partial charge in [-0.3, -0.25) is 19.6 Å². The number of carbonyl (C=O) groups excluding carboxylic acids is 1. The van der Waals surface area contributed by atoms with Gasteiger partial charge in [-0.15, -0.1) is 0 Å². The summed E-state index contributed by atoms with van der Waals surface area (Å²) in [6.45, 7) is 7.55. The Balaban J connectivity index is 1.47. The lowest BCUT2D eigenvalue weighted by Crippen LogP contribution is -2.38. The summed E-state index contributed by atoms with van der Waals surface area (Å²) >= 11 is 0. The molecule has 35 heavy (non-hydrogen) atoms. The van der Waals surface area contributed by atoms with Gasteiger partial charge in [-0.05, 0) is 42.5 Å². The van der Waals surface area contributed by atoms with Crippen molar-refractivity contribution in [1.29, 1.82) is 0 Å². The van der Waals surface area contributed by atoms with E-state index in [0.717, 1.165) is 17.5 Å². The molecule has 1 aliphatic rings. The number of anilines is 1. The van der Waals surface area contributed by atoms with Crippen LogP contribution in [0.5, 0.6) is 0 Å². The number of aromatic nitrogens is 3. The molecule has 8 heteroatoms. The second kappa shape index (κ2) is 11.8. The van der Waals surface area contributed by atoms with Crippen molar-refractivity contribution in [2.24, 2.45) is 0 Å². The Labute approximate surface area is 206 Å². The third kappa shape index (κ3) is 6.54. The van der Waals surface area contributed by atoms with Gasteiger partial charge in [-0.1, -0.05) is 37.3 Å². The minimum Gasteiger partial charge on any atom is -0.378 e. The maximum absolute atomic E-state index is 13.3. The molecule has 184 valence electrons. The molecular formula is C27H33N5O3. The fourth-order valence-electron chi connectivity index (χ4n) is 4.25. The summed E-state index contributed by atoms with van der Waals surface area (Å²) in [4.78, 5) is 41.7. The summed E-state index contributed by atoms with van der Waals surface area (Å²) in [7, 11) is 0. The Hall–Kier alpha value is -3.52. The standard InChI is InChI=1S/C27H33N5O3/c1-3-21-6-8-22(9-7-21)18-32(19-23-5-4-12-28-17-23)25(33)11-10-24-20(2)29-27(30-26(24)34)31-13-15-35-16-14-31/h4-9,12,17H,3,10-11,13-16,18-19H2,1-2H3,(H,29,30,34). The van der Waals surface area contributed by atoms with Crippen LogP contribution >= 0.6 is 0 Å². The predicted octanol–water partition coefficient (Wildman–Crippen LogP) is 3.03. The van der Waals surface area contributed by atoms with Gasteiger partial charge in [0.2, 0.25) is 11.9 Å². The molecule has 3 aromatic rings. The molecule has 0 atom stereocenters. The molecular weight excluding hydrogens is 442 g/mol. The van der Waals surface area contributed by atoms with Crippen LogP contribution in [0.15, 0.2) is 53.6 Å². The second-order valence-corrected chi connectivity index (χ2v) is 8.83. The number of H-pyrrole nitrogens is 1. The van der Waals surface area contributed by atoms with Gasteiger partial charge in [0, 0.05) is 56.3 Å². The first kappa shape index (κ1) is 24.6. The van der Waals surface area contributed by atoms with Crippen LogP contribution in [0, 0.1) is 6.92 Å². The molecule has 2 aromatic heterocycles. The summed E-state index contributed by atoms with van der Waals surface area (Å²) in [5.41, 5.74) is 4.35. The number of hydrogen-bond donors (Lipinski definition) is 1. The van der Waals surface area contributed by atoms with Gasteiger partial charge in [0.15, 0.2) is 0 Å².